The highest BCUT2D eigenvalue weighted by molar-refractivity contribution is 6.42. The molecule has 17 heavy (non-hydrogen) atoms. The summed E-state index contributed by atoms with van der Waals surface area (Å²) in [7, 11) is 0. The van der Waals surface area contributed by atoms with E-state index in [4.69, 9.17) is 28.9 Å². The molecule has 2 atom stereocenters. The van der Waals surface area contributed by atoms with Gasteiger partial charge < -0.3 is 5.73 Å². The summed E-state index contributed by atoms with van der Waals surface area (Å²) in [5, 5.41) is 3.92. The van der Waals surface area contributed by atoms with Gasteiger partial charge in [0, 0.05) is 6.04 Å². The lowest BCUT2D eigenvalue weighted by molar-refractivity contribution is -0.120. The molecule has 1 amide bonds. The molecule has 94 valence electrons. The van der Waals surface area contributed by atoms with Crippen molar-refractivity contribution >= 4 is 29.1 Å². The quantitative estimate of drug-likeness (QED) is 0.868. The number of rotatable bonds is 5. The summed E-state index contributed by atoms with van der Waals surface area (Å²) in [5.74, 6) is -0.463. The Hall–Kier alpha value is -0.770. The highest BCUT2D eigenvalue weighted by Crippen LogP contribution is 2.30. The number of primary amides is 1. The number of halogens is 2. The summed E-state index contributed by atoms with van der Waals surface area (Å²) in [5.41, 5.74) is 6.01. The van der Waals surface area contributed by atoms with E-state index in [0.29, 0.717) is 15.6 Å². The standard InChI is InChI=1S/C12H16Cl2N2O/c1-3-7(2)16-11(12(15)17)8-5-4-6-9(13)10(8)14/h4-7,11,16H,3H2,1-2H3,(H2,15,17). The molecule has 0 aliphatic heterocycles. The molecule has 1 aromatic rings. The van der Waals surface area contributed by atoms with E-state index in [0.717, 1.165) is 6.42 Å². The zero-order valence-corrected chi connectivity index (χ0v) is 11.3. The van der Waals surface area contributed by atoms with Crippen molar-refractivity contribution in [3.05, 3.63) is 33.8 Å². The Morgan fingerprint density at radius 3 is 2.65 bits per heavy atom. The zero-order chi connectivity index (χ0) is 13.0. The molecule has 2 unspecified atom stereocenters. The predicted octanol–water partition coefficient (Wildman–Crippen LogP) is 2.91. The number of hydrogen-bond acceptors (Lipinski definition) is 2. The Morgan fingerprint density at radius 1 is 1.47 bits per heavy atom. The Morgan fingerprint density at radius 2 is 2.12 bits per heavy atom. The van der Waals surface area contributed by atoms with Crippen LogP contribution >= 0.6 is 23.2 Å². The van der Waals surface area contributed by atoms with Gasteiger partial charge in [-0.25, -0.2) is 0 Å². The van der Waals surface area contributed by atoms with Gasteiger partial charge in [0.2, 0.25) is 5.91 Å². The van der Waals surface area contributed by atoms with E-state index in [1.54, 1.807) is 18.2 Å². The van der Waals surface area contributed by atoms with Gasteiger partial charge >= 0.3 is 0 Å². The highest BCUT2D eigenvalue weighted by Gasteiger charge is 2.22. The van der Waals surface area contributed by atoms with E-state index in [1.165, 1.54) is 0 Å². The fourth-order valence-electron chi connectivity index (χ4n) is 1.47. The maximum atomic E-state index is 11.5. The van der Waals surface area contributed by atoms with Crippen LogP contribution in [0.3, 0.4) is 0 Å². The lowest BCUT2D eigenvalue weighted by Gasteiger charge is -2.21. The van der Waals surface area contributed by atoms with Crippen molar-refractivity contribution in [2.45, 2.75) is 32.4 Å². The minimum absolute atomic E-state index is 0.169. The van der Waals surface area contributed by atoms with Gasteiger partial charge in [-0.05, 0) is 25.0 Å². The molecule has 0 spiro atoms. The van der Waals surface area contributed by atoms with E-state index in [1.807, 2.05) is 13.8 Å². The molecule has 1 rings (SSSR count). The third-order valence-electron chi connectivity index (χ3n) is 2.64. The second-order valence-corrected chi connectivity index (χ2v) is 4.74. The number of nitrogens with two attached hydrogens (primary N) is 1. The van der Waals surface area contributed by atoms with Crippen LogP contribution in [0.5, 0.6) is 0 Å². The van der Waals surface area contributed by atoms with Crippen molar-refractivity contribution in [1.29, 1.82) is 0 Å². The van der Waals surface area contributed by atoms with Crippen molar-refractivity contribution < 1.29 is 4.79 Å². The molecular formula is C12H16Cl2N2O. The van der Waals surface area contributed by atoms with E-state index in [-0.39, 0.29) is 6.04 Å². The second kappa shape index (κ2) is 6.24. The lowest BCUT2D eigenvalue weighted by Crippen LogP contribution is -2.38. The van der Waals surface area contributed by atoms with Crippen LogP contribution in [-0.4, -0.2) is 11.9 Å². The molecule has 0 heterocycles. The zero-order valence-electron chi connectivity index (χ0n) is 9.84. The number of amides is 1. The average molecular weight is 275 g/mol. The maximum Gasteiger partial charge on any atom is 0.239 e. The summed E-state index contributed by atoms with van der Waals surface area (Å²) in [4.78, 5) is 11.5. The highest BCUT2D eigenvalue weighted by atomic mass is 35.5. The molecule has 0 aliphatic carbocycles. The number of benzene rings is 1. The summed E-state index contributed by atoms with van der Waals surface area (Å²) in [6.07, 6.45) is 0.891. The molecular weight excluding hydrogens is 259 g/mol. The number of hydrogen-bond donors (Lipinski definition) is 2. The van der Waals surface area contributed by atoms with Crippen LogP contribution in [0.25, 0.3) is 0 Å². The van der Waals surface area contributed by atoms with Crippen molar-refractivity contribution in [1.82, 2.24) is 5.32 Å². The molecule has 0 bridgehead atoms. The van der Waals surface area contributed by atoms with Crippen molar-refractivity contribution in [3.8, 4) is 0 Å². The van der Waals surface area contributed by atoms with Crippen LogP contribution in [-0.2, 0) is 4.79 Å². The number of carbonyl (C=O) groups is 1. The van der Waals surface area contributed by atoms with E-state index >= 15 is 0 Å². The first-order valence-electron chi connectivity index (χ1n) is 5.46. The topological polar surface area (TPSA) is 55.1 Å². The van der Waals surface area contributed by atoms with Gasteiger partial charge in [-0.2, -0.15) is 0 Å². The Kier molecular flexibility index (Phi) is 5.25. The summed E-state index contributed by atoms with van der Waals surface area (Å²) >= 11 is 12.0. The maximum absolute atomic E-state index is 11.5. The first kappa shape index (κ1) is 14.3. The van der Waals surface area contributed by atoms with Crippen molar-refractivity contribution in [2.24, 2.45) is 5.73 Å². The molecule has 1 aromatic carbocycles. The predicted molar refractivity (Wildman–Crippen MR) is 71.3 cm³/mol. The van der Waals surface area contributed by atoms with E-state index in [9.17, 15) is 4.79 Å². The van der Waals surface area contributed by atoms with Crippen molar-refractivity contribution in [3.63, 3.8) is 0 Å². The number of nitrogens with one attached hydrogen (secondary N) is 1. The minimum Gasteiger partial charge on any atom is -0.368 e. The molecule has 3 nitrogen and oxygen atoms in total. The summed E-state index contributed by atoms with van der Waals surface area (Å²) < 4.78 is 0. The molecule has 0 radical (unpaired) electrons. The molecule has 0 fully saturated rings. The SMILES string of the molecule is CCC(C)NC(C(N)=O)c1cccc(Cl)c1Cl. The van der Waals surface area contributed by atoms with Crippen LogP contribution in [0.4, 0.5) is 0 Å². The van der Waals surface area contributed by atoms with Gasteiger partial charge in [0.15, 0.2) is 0 Å². The number of carbonyl (C=O) groups excluding carboxylic acids is 1. The third kappa shape index (κ3) is 3.60. The monoisotopic (exact) mass is 274 g/mol. The lowest BCUT2D eigenvalue weighted by atomic mass is 10.0. The average Bonchev–Trinajstić information content (AvgIpc) is 2.29. The van der Waals surface area contributed by atoms with Gasteiger partial charge in [0.05, 0.1) is 10.0 Å². The smallest absolute Gasteiger partial charge is 0.239 e. The molecule has 5 heteroatoms. The summed E-state index contributed by atoms with van der Waals surface area (Å²) in [6.45, 7) is 4.00. The second-order valence-electron chi connectivity index (χ2n) is 3.95. The Labute approximate surface area is 111 Å². The van der Waals surface area contributed by atoms with Crippen LogP contribution < -0.4 is 11.1 Å². The summed E-state index contributed by atoms with van der Waals surface area (Å²) in [6, 6.07) is 4.73. The van der Waals surface area contributed by atoms with Crippen LogP contribution in [0, 0.1) is 0 Å². The largest absolute Gasteiger partial charge is 0.368 e. The van der Waals surface area contributed by atoms with Crippen LogP contribution in [0.15, 0.2) is 18.2 Å². The normalized spacial score (nSPS) is 14.4. The molecule has 0 saturated heterocycles. The van der Waals surface area contributed by atoms with Gasteiger partial charge in [0.25, 0.3) is 0 Å². The fourth-order valence-corrected chi connectivity index (χ4v) is 1.89. The van der Waals surface area contributed by atoms with E-state index < -0.39 is 11.9 Å². The fraction of sp³-hybridized carbons (Fsp3) is 0.417. The molecule has 3 N–H and O–H groups in total. The van der Waals surface area contributed by atoms with Gasteiger partial charge in [-0.1, -0.05) is 42.3 Å². The third-order valence-corrected chi connectivity index (χ3v) is 3.47. The Bertz CT molecular complexity index is 409. The Balaban J connectivity index is 3.06. The molecule has 0 aliphatic rings. The molecule has 0 aromatic heterocycles. The van der Waals surface area contributed by atoms with Crippen molar-refractivity contribution in [2.75, 3.05) is 0 Å². The van der Waals surface area contributed by atoms with Gasteiger partial charge in [-0.15, -0.1) is 0 Å². The first-order valence-corrected chi connectivity index (χ1v) is 6.22. The van der Waals surface area contributed by atoms with E-state index in [2.05, 4.69) is 5.32 Å². The first-order chi connectivity index (χ1) is 7.97. The van der Waals surface area contributed by atoms with Gasteiger partial charge in [0.1, 0.15) is 6.04 Å². The van der Waals surface area contributed by atoms with Crippen LogP contribution in [0.2, 0.25) is 10.0 Å². The van der Waals surface area contributed by atoms with Gasteiger partial charge in [-0.3, -0.25) is 10.1 Å². The molecule has 0 saturated carbocycles. The minimum atomic E-state index is -0.615. The van der Waals surface area contributed by atoms with Crippen LogP contribution in [0.1, 0.15) is 31.9 Å².